The van der Waals surface area contributed by atoms with Crippen LogP contribution in [0.2, 0.25) is 0 Å². The van der Waals surface area contributed by atoms with Crippen molar-refractivity contribution in [3.05, 3.63) is 30.4 Å². The summed E-state index contributed by atoms with van der Waals surface area (Å²) in [6.07, 6.45) is 7.78. The molecule has 120 valence electrons. The average molecular weight is 315 g/mol. The van der Waals surface area contributed by atoms with Gasteiger partial charge >= 0.3 is 12.0 Å². The van der Waals surface area contributed by atoms with Crippen LogP contribution in [-0.4, -0.2) is 38.0 Å². The topological polar surface area (TPSA) is 92.0 Å². The summed E-state index contributed by atoms with van der Waals surface area (Å²) in [5.74, 6) is 0.220. The monoisotopic (exact) mass is 315 g/mol. The number of fused-ring (bicyclic) bond motifs is 1. The van der Waals surface area contributed by atoms with Gasteiger partial charge in [0.2, 0.25) is 0 Å². The fourth-order valence-corrected chi connectivity index (χ4v) is 3.63. The van der Waals surface area contributed by atoms with E-state index in [2.05, 4.69) is 20.3 Å². The third-order valence-electron chi connectivity index (χ3n) is 4.87. The number of hydrogen-bond acceptors (Lipinski definition) is 7. The molecule has 0 saturated heterocycles. The number of rotatable bonds is 5. The first kappa shape index (κ1) is 14.1. The summed E-state index contributed by atoms with van der Waals surface area (Å²) in [6.45, 7) is 0.267. The molecule has 0 aliphatic heterocycles. The van der Waals surface area contributed by atoms with Crippen LogP contribution in [0.1, 0.15) is 31.0 Å². The Kier molecular flexibility index (Phi) is 3.24. The highest BCUT2D eigenvalue weighted by Gasteiger charge is 2.67. The minimum atomic E-state index is -0.278. The summed E-state index contributed by atoms with van der Waals surface area (Å²) in [7, 11) is 1.45. The normalized spacial score (nSPS) is 28.2. The number of esters is 1. The molecule has 23 heavy (non-hydrogen) atoms. The molecule has 0 spiro atoms. The van der Waals surface area contributed by atoms with Crippen molar-refractivity contribution in [1.29, 1.82) is 0 Å². The van der Waals surface area contributed by atoms with E-state index in [1.807, 2.05) is 10.9 Å². The smallest absolute Gasteiger partial charge is 0.316 e. The van der Waals surface area contributed by atoms with E-state index in [-0.39, 0.29) is 24.0 Å². The van der Waals surface area contributed by atoms with E-state index in [1.54, 1.807) is 18.5 Å². The molecule has 0 radical (unpaired) electrons. The molecule has 2 aliphatic rings. The second kappa shape index (κ2) is 5.29. The lowest BCUT2D eigenvalue weighted by atomic mass is 10.1. The van der Waals surface area contributed by atoms with Crippen LogP contribution in [0.3, 0.4) is 0 Å². The molecule has 8 heteroatoms. The van der Waals surface area contributed by atoms with E-state index < -0.39 is 0 Å². The Bertz CT molecular complexity index is 719. The first-order valence-electron chi connectivity index (χ1n) is 7.62. The van der Waals surface area contributed by atoms with Crippen molar-refractivity contribution in [2.75, 3.05) is 7.11 Å². The van der Waals surface area contributed by atoms with Crippen LogP contribution in [0, 0.1) is 11.3 Å². The molecule has 2 saturated carbocycles. The molecule has 0 unspecified atom stereocenters. The van der Waals surface area contributed by atoms with Gasteiger partial charge < -0.3 is 9.47 Å². The Balaban J connectivity index is 1.41. The molecule has 8 nitrogen and oxygen atoms in total. The zero-order chi connectivity index (χ0) is 15.9. The number of nitrogens with zero attached hydrogens (tertiary/aromatic N) is 5. The molecular weight excluding hydrogens is 298 g/mol. The van der Waals surface area contributed by atoms with Gasteiger partial charge in [0.15, 0.2) is 0 Å². The Labute approximate surface area is 132 Å². The van der Waals surface area contributed by atoms with Gasteiger partial charge in [0, 0.05) is 12.4 Å². The van der Waals surface area contributed by atoms with E-state index in [1.165, 1.54) is 7.11 Å². The summed E-state index contributed by atoms with van der Waals surface area (Å²) in [5.41, 5.74) is 0.438. The van der Waals surface area contributed by atoms with Gasteiger partial charge in [-0.25, -0.2) is 14.6 Å². The number of aromatic nitrogens is 5. The quantitative estimate of drug-likeness (QED) is 0.764. The fraction of sp³-hybridized carbons (Fsp3) is 0.533. The second-order valence-corrected chi connectivity index (χ2v) is 6.07. The van der Waals surface area contributed by atoms with Gasteiger partial charge in [0.05, 0.1) is 24.8 Å². The lowest BCUT2D eigenvalue weighted by Crippen LogP contribution is -2.17. The van der Waals surface area contributed by atoms with Crippen LogP contribution in [0.4, 0.5) is 0 Å². The first-order chi connectivity index (χ1) is 11.2. The van der Waals surface area contributed by atoms with Crippen LogP contribution in [-0.2, 0) is 16.1 Å². The Morgan fingerprint density at radius 2 is 2.26 bits per heavy atom. The van der Waals surface area contributed by atoms with Crippen LogP contribution in [0.25, 0.3) is 0 Å². The molecule has 2 aliphatic carbocycles. The van der Waals surface area contributed by atoms with Crippen LogP contribution in [0.5, 0.6) is 6.01 Å². The van der Waals surface area contributed by atoms with Crippen molar-refractivity contribution < 1.29 is 14.3 Å². The van der Waals surface area contributed by atoms with E-state index in [0.717, 1.165) is 19.3 Å². The predicted molar refractivity (Wildman–Crippen MR) is 77.2 cm³/mol. The summed E-state index contributed by atoms with van der Waals surface area (Å²) in [6, 6.07) is 2.25. The number of methoxy groups -OCH3 is 1. The van der Waals surface area contributed by atoms with Crippen molar-refractivity contribution in [2.45, 2.75) is 31.9 Å². The summed E-state index contributed by atoms with van der Waals surface area (Å²) in [5, 5.41) is 8.33. The molecule has 2 aromatic rings. The van der Waals surface area contributed by atoms with Crippen molar-refractivity contribution in [3.8, 4) is 6.01 Å². The standard InChI is InChI=1S/C15H17N5O3/c1-22-13(21)15-4-3-12(11(15)7-15)20-8-10(18-19-20)9-23-14-16-5-2-6-17-14/h2,5-6,8,11-12H,3-4,7,9H2,1H3/t11-,12+,15+/m0/s1. The number of carbonyl (C=O) groups is 1. The van der Waals surface area contributed by atoms with Crippen LogP contribution < -0.4 is 4.74 Å². The zero-order valence-corrected chi connectivity index (χ0v) is 12.8. The van der Waals surface area contributed by atoms with E-state index in [0.29, 0.717) is 17.6 Å². The Hall–Kier alpha value is -2.51. The van der Waals surface area contributed by atoms with Crippen LogP contribution >= 0.6 is 0 Å². The minimum Gasteiger partial charge on any atom is -0.469 e. The van der Waals surface area contributed by atoms with Crippen molar-refractivity contribution in [1.82, 2.24) is 25.0 Å². The second-order valence-electron chi connectivity index (χ2n) is 6.07. The maximum atomic E-state index is 11.9. The molecule has 2 aromatic heterocycles. The molecular formula is C15H17N5O3. The van der Waals surface area contributed by atoms with Crippen molar-refractivity contribution in [3.63, 3.8) is 0 Å². The Morgan fingerprint density at radius 3 is 3.00 bits per heavy atom. The van der Waals surface area contributed by atoms with E-state index >= 15 is 0 Å². The van der Waals surface area contributed by atoms with Gasteiger partial charge in [0.1, 0.15) is 12.3 Å². The highest BCUT2D eigenvalue weighted by molar-refractivity contribution is 5.81. The van der Waals surface area contributed by atoms with Crippen molar-refractivity contribution >= 4 is 5.97 Å². The third kappa shape index (κ3) is 2.34. The first-order valence-corrected chi connectivity index (χ1v) is 7.62. The maximum absolute atomic E-state index is 11.9. The van der Waals surface area contributed by atoms with Gasteiger partial charge in [0.25, 0.3) is 0 Å². The minimum absolute atomic E-state index is 0.0881. The van der Waals surface area contributed by atoms with Crippen molar-refractivity contribution in [2.24, 2.45) is 11.3 Å². The molecule has 2 fully saturated rings. The summed E-state index contributed by atoms with van der Waals surface area (Å²) in [4.78, 5) is 19.9. The summed E-state index contributed by atoms with van der Waals surface area (Å²) < 4.78 is 12.3. The summed E-state index contributed by atoms with van der Waals surface area (Å²) >= 11 is 0. The zero-order valence-electron chi connectivity index (χ0n) is 12.8. The molecule has 2 heterocycles. The SMILES string of the molecule is COC(=O)[C@@]12CC[C@@H](n3cc(COc4ncccn4)nn3)[C@@H]1C2. The molecule has 0 N–H and O–H groups in total. The molecule has 4 rings (SSSR count). The number of ether oxygens (including phenoxy) is 2. The molecule has 0 bridgehead atoms. The fourth-order valence-electron chi connectivity index (χ4n) is 3.63. The van der Waals surface area contributed by atoms with Gasteiger partial charge in [-0.05, 0) is 31.2 Å². The lowest BCUT2D eigenvalue weighted by molar-refractivity contribution is -0.147. The third-order valence-corrected chi connectivity index (χ3v) is 4.87. The van der Waals surface area contributed by atoms with Gasteiger partial charge in [-0.1, -0.05) is 5.21 Å². The van der Waals surface area contributed by atoms with E-state index in [9.17, 15) is 4.79 Å². The Morgan fingerprint density at radius 1 is 1.43 bits per heavy atom. The molecule has 0 amide bonds. The largest absolute Gasteiger partial charge is 0.469 e. The number of carbonyl (C=O) groups excluding carboxylic acids is 1. The predicted octanol–water partition coefficient (Wildman–Crippen LogP) is 1.16. The average Bonchev–Trinajstić information content (AvgIpc) is 2.96. The highest BCUT2D eigenvalue weighted by Crippen LogP contribution is 2.67. The molecule has 0 aromatic carbocycles. The maximum Gasteiger partial charge on any atom is 0.316 e. The van der Waals surface area contributed by atoms with Gasteiger partial charge in [-0.15, -0.1) is 5.10 Å². The number of hydrogen-bond donors (Lipinski definition) is 0. The lowest BCUT2D eigenvalue weighted by Gasteiger charge is -2.10. The van der Waals surface area contributed by atoms with Crippen LogP contribution in [0.15, 0.2) is 24.7 Å². The highest BCUT2D eigenvalue weighted by atomic mass is 16.5. The molecule has 3 atom stereocenters. The van der Waals surface area contributed by atoms with E-state index in [4.69, 9.17) is 9.47 Å². The van der Waals surface area contributed by atoms with Gasteiger partial charge in [-0.3, -0.25) is 4.79 Å². The van der Waals surface area contributed by atoms with Gasteiger partial charge in [-0.2, -0.15) is 0 Å².